The van der Waals surface area contributed by atoms with Gasteiger partial charge in [0.15, 0.2) is 17.0 Å². The van der Waals surface area contributed by atoms with Gasteiger partial charge in [-0.1, -0.05) is 19.3 Å². The molecule has 3 aromatic heterocycles. The van der Waals surface area contributed by atoms with Crippen LogP contribution in [-0.4, -0.2) is 59.6 Å². The summed E-state index contributed by atoms with van der Waals surface area (Å²) in [5.41, 5.74) is 1.67. The Kier molecular flexibility index (Phi) is 7.14. The Labute approximate surface area is 190 Å². The molecule has 0 spiro atoms. The van der Waals surface area contributed by atoms with Crippen LogP contribution in [0.25, 0.3) is 11.2 Å². The van der Waals surface area contributed by atoms with E-state index in [1.807, 2.05) is 6.33 Å². The lowest BCUT2D eigenvalue weighted by Crippen LogP contribution is -2.40. The van der Waals surface area contributed by atoms with E-state index in [4.69, 9.17) is 15.0 Å². The molecule has 1 aliphatic rings. The first-order chi connectivity index (χ1) is 15.5. The van der Waals surface area contributed by atoms with Gasteiger partial charge in [0.25, 0.3) is 0 Å². The summed E-state index contributed by atoms with van der Waals surface area (Å²) in [6, 6.07) is 3.20. The highest BCUT2D eigenvalue weighted by Gasteiger charge is 2.21. The van der Waals surface area contributed by atoms with Gasteiger partial charge in [-0.3, -0.25) is 10.2 Å². The number of imidazole rings is 1. The Morgan fingerprint density at radius 3 is 2.38 bits per heavy atom. The van der Waals surface area contributed by atoms with Crippen molar-refractivity contribution in [1.82, 2.24) is 34.4 Å². The quantitative estimate of drug-likeness (QED) is 0.509. The maximum absolute atomic E-state index is 4.81. The molecule has 0 unspecified atom stereocenters. The zero-order valence-corrected chi connectivity index (χ0v) is 19.6. The first kappa shape index (κ1) is 22.4. The van der Waals surface area contributed by atoms with Crippen molar-refractivity contribution >= 4 is 28.9 Å². The summed E-state index contributed by atoms with van der Waals surface area (Å²) >= 11 is 0. The number of rotatable bonds is 9. The van der Waals surface area contributed by atoms with E-state index in [1.54, 1.807) is 18.5 Å². The van der Waals surface area contributed by atoms with Gasteiger partial charge in [-0.25, -0.2) is 15.0 Å². The fourth-order valence-electron chi connectivity index (χ4n) is 4.60. The summed E-state index contributed by atoms with van der Waals surface area (Å²) in [4.78, 5) is 25.2. The summed E-state index contributed by atoms with van der Waals surface area (Å²) in [5.74, 6) is 1.70. The van der Waals surface area contributed by atoms with Crippen LogP contribution in [0.1, 0.15) is 65.8 Å². The molecule has 1 saturated carbocycles. The van der Waals surface area contributed by atoms with Crippen LogP contribution < -0.4 is 10.6 Å². The van der Waals surface area contributed by atoms with E-state index in [0.717, 1.165) is 30.1 Å². The van der Waals surface area contributed by atoms with Crippen molar-refractivity contribution in [2.24, 2.45) is 0 Å². The third-order valence-electron chi connectivity index (χ3n) is 6.17. The highest BCUT2D eigenvalue weighted by molar-refractivity contribution is 5.84. The maximum Gasteiger partial charge on any atom is 0.233 e. The van der Waals surface area contributed by atoms with Crippen molar-refractivity contribution < 1.29 is 0 Å². The molecule has 3 heterocycles. The molecule has 0 atom stereocenters. The number of nitrogens with one attached hydrogen (secondary N) is 2. The van der Waals surface area contributed by atoms with Crippen LogP contribution in [0.3, 0.4) is 0 Å². The van der Waals surface area contributed by atoms with Crippen molar-refractivity contribution in [2.45, 2.75) is 77.9 Å². The topological polar surface area (TPSA) is 96.7 Å². The van der Waals surface area contributed by atoms with Gasteiger partial charge in [-0.15, -0.1) is 0 Å². The minimum Gasteiger partial charge on any atom is -0.367 e. The summed E-state index contributed by atoms with van der Waals surface area (Å²) in [5, 5.41) is 6.68. The predicted octanol–water partition coefficient (Wildman–Crippen LogP) is 4.40. The van der Waals surface area contributed by atoms with Crippen LogP contribution in [0.4, 0.5) is 17.7 Å². The smallest absolute Gasteiger partial charge is 0.233 e. The summed E-state index contributed by atoms with van der Waals surface area (Å²) in [7, 11) is 0. The molecule has 9 heteroatoms. The molecule has 0 bridgehead atoms. The van der Waals surface area contributed by atoms with Crippen LogP contribution in [-0.2, 0) is 0 Å². The van der Waals surface area contributed by atoms with Crippen LogP contribution in [0.2, 0.25) is 0 Å². The second-order valence-corrected chi connectivity index (χ2v) is 9.06. The van der Waals surface area contributed by atoms with Gasteiger partial charge in [0.05, 0.1) is 6.33 Å². The first-order valence-electron chi connectivity index (χ1n) is 11.8. The highest BCUT2D eigenvalue weighted by Crippen LogP contribution is 2.32. The van der Waals surface area contributed by atoms with E-state index in [0.29, 0.717) is 30.0 Å². The zero-order valence-electron chi connectivity index (χ0n) is 19.6. The average Bonchev–Trinajstić information content (AvgIpc) is 3.21. The molecule has 9 nitrogen and oxygen atoms in total. The lowest BCUT2D eigenvalue weighted by Gasteiger charge is -2.30. The third kappa shape index (κ3) is 5.15. The lowest BCUT2D eigenvalue weighted by molar-refractivity contribution is 0.182. The minimum atomic E-state index is 0.440. The molecule has 3 aromatic rings. The molecule has 1 fully saturated rings. The molecule has 0 aliphatic heterocycles. The van der Waals surface area contributed by atoms with Gasteiger partial charge in [-0.05, 0) is 46.6 Å². The normalized spacial score (nSPS) is 15.2. The first-order valence-corrected chi connectivity index (χ1v) is 11.8. The van der Waals surface area contributed by atoms with E-state index >= 15 is 0 Å². The number of aromatic nitrogens is 6. The fraction of sp³-hybridized carbons (Fsp3) is 0.609. The molecule has 0 aromatic carbocycles. The largest absolute Gasteiger partial charge is 0.367 e. The zero-order chi connectivity index (χ0) is 22.5. The molecule has 1 aliphatic carbocycles. The monoisotopic (exact) mass is 437 g/mol. The molecular weight excluding hydrogens is 402 g/mol. The molecule has 0 radical (unpaired) electrons. The Bertz CT molecular complexity index is 985. The molecule has 0 amide bonds. The van der Waals surface area contributed by atoms with Crippen LogP contribution in [0, 0.1) is 0 Å². The van der Waals surface area contributed by atoms with Gasteiger partial charge in [0, 0.05) is 43.6 Å². The van der Waals surface area contributed by atoms with Crippen molar-refractivity contribution in [3.63, 3.8) is 0 Å². The van der Waals surface area contributed by atoms with Gasteiger partial charge >= 0.3 is 0 Å². The Balaban J connectivity index is 1.62. The Morgan fingerprint density at radius 2 is 1.69 bits per heavy atom. The SMILES string of the molecule is CC(C)N(CCNc1nc(Nc2ncccn2)nc2c1ncn2C1CCCCC1)C(C)C. The molecule has 2 N–H and O–H groups in total. The van der Waals surface area contributed by atoms with E-state index in [-0.39, 0.29) is 0 Å². The van der Waals surface area contributed by atoms with Crippen molar-refractivity contribution in [3.05, 3.63) is 24.8 Å². The number of anilines is 3. The van der Waals surface area contributed by atoms with Gasteiger partial charge in [-0.2, -0.15) is 9.97 Å². The maximum atomic E-state index is 4.81. The van der Waals surface area contributed by atoms with E-state index in [1.165, 1.54) is 32.1 Å². The van der Waals surface area contributed by atoms with Crippen LogP contribution in [0.5, 0.6) is 0 Å². The second kappa shape index (κ2) is 10.2. The fourth-order valence-corrected chi connectivity index (χ4v) is 4.60. The third-order valence-corrected chi connectivity index (χ3v) is 6.17. The number of fused-ring (bicyclic) bond motifs is 1. The van der Waals surface area contributed by atoms with Crippen molar-refractivity contribution in [3.8, 4) is 0 Å². The number of hydrogen-bond acceptors (Lipinski definition) is 8. The standard InChI is InChI=1S/C23H35N9/c1-16(2)31(17(3)4)14-13-24-20-19-21(32(15-27-19)18-9-6-5-7-10-18)29-23(28-20)30-22-25-11-8-12-26-22/h8,11-12,15-18H,5-7,9-10,13-14H2,1-4H3,(H2,24,25,26,28,29,30). The van der Waals surface area contributed by atoms with Gasteiger partial charge in [0.2, 0.25) is 11.9 Å². The van der Waals surface area contributed by atoms with E-state index < -0.39 is 0 Å². The predicted molar refractivity (Wildman–Crippen MR) is 128 cm³/mol. The number of nitrogens with zero attached hydrogens (tertiary/aromatic N) is 7. The van der Waals surface area contributed by atoms with Crippen LogP contribution >= 0.6 is 0 Å². The molecule has 4 rings (SSSR count). The summed E-state index contributed by atoms with van der Waals surface area (Å²) in [6.45, 7) is 10.6. The van der Waals surface area contributed by atoms with Crippen molar-refractivity contribution in [2.75, 3.05) is 23.7 Å². The Hall–Kier alpha value is -2.81. The van der Waals surface area contributed by atoms with Gasteiger partial charge < -0.3 is 9.88 Å². The highest BCUT2D eigenvalue weighted by atomic mass is 15.3. The average molecular weight is 438 g/mol. The summed E-state index contributed by atoms with van der Waals surface area (Å²) < 4.78 is 2.23. The van der Waals surface area contributed by atoms with Crippen LogP contribution in [0.15, 0.2) is 24.8 Å². The molecule has 32 heavy (non-hydrogen) atoms. The molecular formula is C23H35N9. The second-order valence-electron chi connectivity index (χ2n) is 9.06. The number of hydrogen-bond donors (Lipinski definition) is 2. The van der Waals surface area contributed by atoms with Crippen molar-refractivity contribution in [1.29, 1.82) is 0 Å². The lowest BCUT2D eigenvalue weighted by atomic mass is 9.95. The van der Waals surface area contributed by atoms with E-state index in [9.17, 15) is 0 Å². The van der Waals surface area contributed by atoms with E-state index in [2.05, 4.69) is 57.8 Å². The molecule has 0 saturated heterocycles. The van der Waals surface area contributed by atoms with Gasteiger partial charge in [0.1, 0.15) is 0 Å². The minimum absolute atomic E-state index is 0.440. The molecule has 172 valence electrons. The summed E-state index contributed by atoms with van der Waals surface area (Å²) in [6.07, 6.45) is 11.5. The Morgan fingerprint density at radius 1 is 0.969 bits per heavy atom.